The van der Waals surface area contributed by atoms with Gasteiger partial charge < -0.3 is 10.4 Å². The Morgan fingerprint density at radius 3 is 2.82 bits per heavy atom. The van der Waals surface area contributed by atoms with E-state index in [4.69, 9.17) is 0 Å². The van der Waals surface area contributed by atoms with Gasteiger partial charge in [0.25, 0.3) is 0 Å². The lowest BCUT2D eigenvalue weighted by atomic mass is 10.2. The van der Waals surface area contributed by atoms with Gasteiger partial charge in [-0.2, -0.15) is 0 Å². The topological polar surface area (TPSA) is 45.1 Å². The molecule has 0 unspecified atom stereocenters. The molecule has 0 aliphatic heterocycles. The number of phenolic OH excluding ortho intramolecular Hbond substituents is 1. The van der Waals surface area contributed by atoms with Crippen LogP contribution in [-0.4, -0.2) is 10.1 Å². The molecule has 0 aliphatic carbocycles. The highest BCUT2D eigenvalue weighted by molar-refractivity contribution is 7.14. The number of para-hydroxylation sites is 1. The summed E-state index contributed by atoms with van der Waals surface area (Å²) in [4.78, 5) is 4.40. The Bertz CT molecular complexity index is 650. The van der Waals surface area contributed by atoms with E-state index in [1.807, 2.05) is 41.8 Å². The lowest BCUT2D eigenvalue weighted by molar-refractivity contribution is 0.480. The van der Waals surface area contributed by atoms with Crippen molar-refractivity contribution in [2.24, 2.45) is 0 Å². The van der Waals surface area contributed by atoms with Crippen LogP contribution in [0.15, 0.2) is 47.8 Å². The van der Waals surface area contributed by atoms with Crippen molar-refractivity contribution in [3.63, 3.8) is 0 Å². The fraction of sp³-hybridized carbons (Fsp3) is 0. The Morgan fingerprint density at radius 2 is 2.00 bits per heavy atom. The maximum absolute atomic E-state index is 9.73. The number of nitrogens with zero attached hydrogens (tertiary/aromatic N) is 1. The van der Waals surface area contributed by atoms with E-state index in [0.29, 0.717) is 5.52 Å². The third-order valence-corrected chi connectivity index (χ3v) is 3.26. The highest BCUT2D eigenvalue weighted by Crippen LogP contribution is 2.26. The summed E-state index contributed by atoms with van der Waals surface area (Å²) in [5, 5.41) is 16.9. The molecule has 3 nitrogen and oxygen atoms in total. The van der Waals surface area contributed by atoms with Crippen LogP contribution in [0.4, 0.5) is 10.8 Å². The van der Waals surface area contributed by atoms with Crippen LogP contribution in [0.1, 0.15) is 0 Å². The number of thiophene rings is 1. The second kappa shape index (κ2) is 4.07. The number of anilines is 2. The molecule has 1 aromatic carbocycles. The average molecular weight is 242 g/mol. The molecule has 0 bridgehead atoms. The molecule has 0 spiro atoms. The van der Waals surface area contributed by atoms with Crippen LogP contribution in [0.3, 0.4) is 0 Å². The van der Waals surface area contributed by atoms with Gasteiger partial charge in [-0.05, 0) is 35.7 Å². The number of aromatic nitrogens is 1. The second-order valence-corrected chi connectivity index (χ2v) is 4.60. The van der Waals surface area contributed by atoms with Gasteiger partial charge in [0.15, 0.2) is 0 Å². The zero-order valence-electron chi connectivity index (χ0n) is 8.92. The molecule has 0 saturated heterocycles. The van der Waals surface area contributed by atoms with Crippen LogP contribution in [0.25, 0.3) is 10.9 Å². The third-order valence-electron chi connectivity index (χ3n) is 2.47. The molecule has 17 heavy (non-hydrogen) atoms. The van der Waals surface area contributed by atoms with Crippen LogP contribution in [0, 0.1) is 0 Å². The number of fused-ring (bicyclic) bond motifs is 1. The van der Waals surface area contributed by atoms with Crippen LogP contribution in [0.2, 0.25) is 0 Å². The van der Waals surface area contributed by atoms with Gasteiger partial charge in [-0.15, -0.1) is 11.3 Å². The fourth-order valence-corrected chi connectivity index (χ4v) is 2.30. The number of pyridine rings is 1. The minimum Gasteiger partial charge on any atom is -0.506 e. The Morgan fingerprint density at radius 1 is 1.06 bits per heavy atom. The summed E-state index contributed by atoms with van der Waals surface area (Å²) >= 11 is 1.61. The molecule has 0 aliphatic rings. The van der Waals surface area contributed by atoms with Crippen molar-refractivity contribution in [1.29, 1.82) is 0 Å². The summed E-state index contributed by atoms with van der Waals surface area (Å²) in [6, 6.07) is 13.2. The molecule has 2 aromatic heterocycles. The number of hydrogen-bond donors (Lipinski definition) is 2. The predicted octanol–water partition coefficient (Wildman–Crippen LogP) is 3.75. The number of nitrogens with one attached hydrogen (secondary N) is 1. The zero-order chi connectivity index (χ0) is 11.7. The fourth-order valence-electron chi connectivity index (χ4n) is 1.68. The Balaban J connectivity index is 2.04. The molecule has 0 radical (unpaired) electrons. The van der Waals surface area contributed by atoms with E-state index >= 15 is 0 Å². The van der Waals surface area contributed by atoms with E-state index in [1.165, 1.54) is 0 Å². The third kappa shape index (κ3) is 1.94. The van der Waals surface area contributed by atoms with Crippen molar-refractivity contribution in [3.05, 3.63) is 47.8 Å². The molecule has 0 atom stereocenters. The first-order valence-electron chi connectivity index (χ1n) is 5.22. The van der Waals surface area contributed by atoms with Gasteiger partial charge in [-0.3, -0.25) is 0 Å². The van der Waals surface area contributed by atoms with E-state index in [9.17, 15) is 5.11 Å². The summed E-state index contributed by atoms with van der Waals surface area (Å²) in [5.74, 6) is 0.943. The second-order valence-electron chi connectivity index (χ2n) is 3.65. The molecule has 0 saturated carbocycles. The summed E-state index contributed by atoms with van der Waals surface area (Å²) in [6.45, 7) is 0. The van der Waals surface area contributed by atoms with Crippen molar-refractivity contribution >= 4 is 33.1 Å². The highest BCUT2D eigenvalue weighted by atomic mass is 32.1. The Kier molecular flexibility index (Phi) is 2.42. The largest absolute Gasteiger partial charge is 0.506 e. The van der Waals surface area contributed by atoms with Gasteiger partial charge >= 0.3 is 0 Å². The summed E-state index contributed by atoms with van der Waals surface area (Å²) < 4.78 is 0. The molecule has 2 N–H and O–H groups in total. The first kappa shape index (κ1) is 10.1. The smallest absolute Gasteiger partial charge is 0.141 e. The quantitative estimate of drug-likeness (QED) is 0.719. The number of benzene rings is 1. The van der Waals surface area contributed by atoms with Gasteiger partial charge in [-0.25, -0.2) is 4.98 Å². The molecule has 4 heteroatoms. The molecule has 3 aromatic rings. The van der Waals surface area contributed by atoms with Crippen molar-refractivity contribution in [1.82, 2.24) is 4.98 Å². The van der Waals surface area contributed by atoms with Crippen LogP contribution < -0.4 is 5.32 Å². The first-order valence-corrected chi connectivity index (χ1v) is 6.10. The van der Waals surface area contributed by atoms with E-state index in [2.05, 4.69) is 10.3 Å². The molecule has 0 amide bonds. The molecule has 0 fully saturated rings. The molecular formula is C13H10N2OS. The minimum absolute atomic E-state index is 0.206. The lowest BCUT2D eigenvalue weighted by Gasteiger charge is -2.05. The molecule has 3 rings (SSSR count). The Labute approximate surface area is 102 Å². The SMILES string of the molecule is Oc1cccc2ccc(Nc3cccs3)nc12. The lowest BCUT2D eigenvalue weighted by Crippen LogP contribution is -1.91. The van der Waals surface area contributed by atoms with Gasteiger partial charge in [0, 0.05) is 5.39 Å². The molecule has 84 valence electrons. The average Bonchev–Trinajstić information content (AvgIpc) is 2.83. The van der Waals surface area contributed by atoms with Gasteiger partial charge in [0.2, 0.25) is 0 Å². The summed E-state index contributed by atoms with van der Waals surface area (Å²) in [6.07, 6.45) is 0. The Hall–Kier alpha value is -2.07. The van der Waals surface area contributed by atoms with Crippen molar-refractivity contribution in [3.8, 4) is 5.75 Å². The monoisotopic (exact) mass is 242 g/mol. The predicted molar refractivity (Wildman–Crippen MR) is 71.0 cm³/mol. The van der Waals surface area contributed by atoms with E-state index in [0.717, 1.165) is 16.2 Å². The number of rotatable bonds is 2. The number of hydrogen-bond acceptors (Lipinski definition) is 4. The van der Waals surface area contributed by atoms with Gasteiger partial charge in [0.1, 0.15) is 17.1 Å². The van der Waals surface area contributed by atoms with Crippen molar-refractivity contribution in [2.45, 2.75) is 0 Å². The maximum Gasteiger partial charge on any atom is 0.141 e. The molecular weight excluding hydrogens is 232 g/mol. The first-order chi connectivity index (χ1) is 8.33. The van der Waals surface area contributed by atoms with Crippen LogP contribution >= 0.6 is 11.3 Å². The normalized spacial score (nSPS) is 10.6. The van der Waals surface area contributed by atoms with E-state index < -0.39 is 0 Å². The van der Waals surface area contributed by atoms with Gasteiger partial charge in [0.05, 0.1) is 5.00 Å². The van der Waals surface area contributed by atoms with Crippen molar-refractivity contribution < 1.29 is 5.11 Å². The molecule has 2 heterocycles. The van der Waals surface area contributed by atoms with Crippen molar-refractivity contribution in [2.75, 3.05) is 5.32 Å². The summed E-state index contributed by atoms with van der Waals surface area (Å²) in [7, 11) is 0. The van der Waals surface area contributed by atoms with Crippen LogP contribution in [0.5, 0.6) is 5.75 Å². The maximum atomic E-state index is 9.73. The minimum atomic E-state index is 0.206. The summed E-state index contributed by atoms with van der Waals surface area (Å²) in [5.41, 5.74) is 0.619. The van der Waals surface area contributed by atoms with Gasteiger partial charge in [-0.1, -0.05) is 12.1 Å². The van der Waals surface area contributed by atoms with E-state index in [-0.39, 0.29) is 5.75 Å². The number of aromatic hydroxyl groups is 1. The van der Waals surface area contributed by atoms with E-state index in [1.54, 1.807) is 17.4 Å². The standard InChI is InChI=1S/C13H10N2OS/c16-10-4-1-3-9-6-7-11(15-13(9)10)14-12-5-2-8-17-12/h1-8,16H,(H,14,15). The highest BCUT2D eigenvalue weighted by Gasteiger charge is 2.03. The zero-order valence-corrected chi connectivity index (χ0v) is 9.74. The van der Waals surface area contributed by atoms with Crippen LogP contribution in [-0.2, 0) is 0 Å². The number of phenols is 1.